The number of pyridine rings is 1. The maximum atomic E-state index is 14.9. The van der Waals surface area contributed by atoms with Gasteiger partial charge in [0.05, 0.1) is 11.1 Å². The van der Waals surface area contributed by atoms with Crippen LogP contribution in [0.25, 0.3) is 10.8 Å². The number of carbonyl (C=O) groups is 1. The van der Waals surface area contributed by atoms with Gasteiger partial charge in [-0.2, -0.15) is 9.97 Å². The molecular formula is C38H38F2N6O5. The molecule has 3 aliphatic rings. The molecule has 0 spiro atoms. The summed E-state index contributed by atoms with van der Waals surface area (Å²) in [7, 11) is 0. The number of carbonyl (C=O) groups excluding carboxylic acids is 1. The lowest BCUT2D eigenvalue weighted by atomic mass is 9.95. The molecule has 0 saturated carbocycles. The molecule has 2 N–H and O–H groups in total. The number of ether oxygens (including phenoxy) is 3. The standard InChI is InChI=1S/C38H38F2N6O5/c1-4-28-30(40)10-9-23-16-27(47)17-29(33(23)28)31-21-49-34-35(45-15-7-6-8-25(20-45)42-32(48)5-2)43-37(44-36(34)51-31)50-22-38(3)18-24(39)19-46(38)26-11-13-41-14-12-26/h1,5,9-14,16-17,24-25,31,47H,2,6-8,15,18-22H2,3H3,(H,42,48)/t24-,25?,31?,38+/m1/s1. The minimum atomic E-state index is -1.07. The Morgan fingerprint density at radius 2 is 2.06 bits per heavy atom. The van der Waals surface area contributed by atoms with Gasteiger partial charge in [-0.15, -0.1) is 6.42 Å². The van der Waals surface area contributed by atoms with E-state index in [1.54, 1.807) is 18.5 Å². The number of nitrogens with one attached hydrogen (secondary N) is 1. The highest BCUT2D eigenvalue weighted by Gasteiger charge is 2.44. The van der Waals surface area contributed by atoms with Crippen molar-refractivity contribution in [3.05, 3.63) is 78.4 Å². The summed E-state index contributed by atoms with van der Waals surface area (Å²) in [5.41, 5.74) is 0.546. The molecule has 0 radical (unpaired) electrons. The summed E-state index contributed by atoms with van der Waals surface area (Å²) in [5, 5.41) is 14.6. The summed E-state index contributed by atoms with van der Waals surface area (Å²) in [6.45, 7) is 6.77. The number of alkyl halides is 1. The molecular weight excluding hydrogens is 658 g/mol. The van der Waals surface area contributed by atoms with E-state index >= 15 is 0 Å². The maximum absolute atomic E-state index is 14.9. The van der Waals surface area contributed by atoms with E-state index in [-0.39, 0.29) is 67.1 Å². The first-order valence-corrected chi connectivity index (χ1v) is 16.9. The van der Waals surface area contributed by atoms with Gasteiger partial charge in [-0.05, 0) is 68.0 Å². The van der Waals surface area contributed by atoms with Gasteiger partial charge in [-0.1, -0.05) is 18.6 Å². The van der Waals surface area contributed by atoms with Crippen LogP contribution in [0.4, 0.5) is 20.3 Å². The fourth-order valence-corrected chi connectivity index (χ4v) is 7.30. The van der Waals surface area contributed by atoms with Crippen LogP contribution in [-0.4, -0.2) is 76.6 Å². The lowest BCUT2D eigenvalue weighted by Crippen LogP contribution is -2.46. The molecule has 4 aromatic rings. The molecule has 11 nitrogen and oxygen atoms in total. The molecule has 2 fully saturated rings. The lowest BCUT2D eigenvalue weighted by Gasteiger charge is -2.36. The maximum Gasteiger partial charge on any atom is 0.322 e. The van der Waals surface area contributed by atoms with E-state index in [1.165, 1.54) is 24.3 Å². The third-order valence-corrected chi connectivity index (χ3v) is 9.69. The number of anilines is 2. The molecule has 264 valence electrons. The number of rotatable bonds is 8. The van der Waals surface area contributed by atoms with Crippen molar-refractivity contribution in [3.63, 3.8) is 0 Å². The summed E-state index contributed by atoms with van der Waals surface area (Å²) >= 11 is 0. The Bertz CT molecular complexity index is 2010. The van der Waals surface area contributed by atoms with Gasteiger partial charge in [0.2, 0.25) is 11.7 Å². The van der Waals surface area contributed by atoms with E-state index in [0.29, 0.717) is 35.2 Å². The fourth-order valence-electron chi connectivity index (χ4n) is 7.30. The van der Waals surface area contributed by atoms with Crippen LogP contribution in [0, 0.1) is 18.2 Å². The van der Waals surface area contributed by atoms with Crippen LogP contribution in [0.15, 0.2) is 61.4 Å². The minimum Gasteiger partial charge on any atom is -0.508 e. The number of terminal acetylenes is 1. The number of halogens is 2. The third-order valence-electron chi connectivity index (χ3n) is 9.69. The zero-order valence-corrected chi connectivity index (χ0v) is 28.1. The first kappa shape index (κ1) is 33.8. The second-order valence-electron chi connectivity index (χ2n) is 13.3. The van der Waals surface area contributed by atoms with Gasteiger partial charge < -0.3 is 34.4 Å². The van der Waals surface area contributed by atoms with Crippen molar-refractivity contribution in [1.29, 1.82) is 0 Å². The number of aromatic nitrogens is 3. The highest BCUT2D eigenvalue weighted by molar-refractivity contribution is 5.93. The number of hydrogen-bond acceptors (Lipinski definition) is 10. The minimum absolute atomic E-state index is 0.0155. The van der Waals surface area contributed by atoms with E-state index in [0.717, 1.165) is 24.9 Å². The van der Waals surface area contributed by atoms with Gasteiger partial charge in [-0.3, -0.25) is 9.78 Å². The Kier molecular flexibility index (Phi) is 9.25. The second-order valence-corrected chi connectivity index (χ2v) is 13.3. The molecule has 7 rings (SSSR count). The van der Waals surface area contributed by atoms with Crippen LogP contribution in [0.2, 0.25) is 0 Å². The third kappa shape index (κ3) is 6.78. The number of hydrogen-bond donors (Lipinski definition) is 2. The highest BCUT2D eigenvalue weighted by atomic mass is 19.1. The Morgan fingerprint density at radius 1 is 1.24 bits per heavy atom. The Hall–Kier alpha value is -5.64. The van der Waals surface area contributed by atoms with Crippen LogP contribution >= 0.6 is 0 Å². The average molecular weight is 697 g/mol. The number of phenols is 1. The van der Waals surface area contributed by atoms with E-state index < -0.39 is 23.6 Å². The van der Waals surface area contributed by atoms with Crippen LogP contribution in [0.5, 0.6) is 23.4 Å². The lowest BCUT2D eigenvalue weighted by molar-refractivity contribution is -0.117. The summed E-state index contributed by atoms with van der Waals surface area (Å²) in [4.78, 5) is 29.8. The molecule has 0 aliphatic carbocycles. The number of benzene rings is 2. The summed E-state index contributed by atoms with van der Waals surface area (Å²) in [6, 6.07) is 9.24. The van der Waals surface area contributed by atoms with Gasteiger partial charge >= 0.3 is 6.01 Å². The predicted octanol–water partition coefficient (Wildman–Crippen LogP) is 5.41. The van der Waals surface area contributed by atoms with Gasteiger partial charge in [0.15, 0.2) is 11.9 Å². The molecule has 51 heavy (non-hydrogen) atoms. The zero-order valence-electron chi connectivity index (χ0n) is 28.1. The number of fused-ring (bicyclic) bond motifs is 2. The van der Waals surface area contributed by atoms with Crippen molar-refractivity contribution in [2.45, 2.75) is 56.5 Å². The van der Waals surface area contributed by atoms with Gasteiger partial charge in [0.1, 0.15) is 31.0 Å². The topological polar surface area (TPSA) is 122 Å². The normalized spacial score (nSPS) is 23.0. The Balaban J connectivity index is 1.26. The molecule has 2 saturated heterocycles. The van der Waals surface area contributed by atoms with Crippen molar-refractivity contribution in [2.24, 2.45) is 0 Å². The Labute approximate surface area is 294 Å². The van der Waals surface area contributed by atoms with Gasteiger partial charge in [-0.25, -0.2) is 8.78 Å². The summed E-state index contributed by atoms with van der Waals surface area (Å²) in [5.74, 6) is 2.29. The molecule has 13 heteroatoms. The van der Waals surface area contributed by atoms with Crippen molar-refractivity contribution < 1.29 is 32.9 Å². The van der Waals surface area contributed by atoms with Crippen molar-refractivity contribution in [2.75, 3.05) is 42.6 Å². The first-order chi connectivity index (χ1) is 24.7. The second kappa shape index (κ2) is 13.9. The monoisotopic (exact) mass is 696 g/mol. The molecule has 2 aromatic heterocycles. The number of amides is 1. The molecule has 4 atom stereocenters. The van der Waals surface area contributed by atoms with E-state index in [4.69, 9.17) is 25.6 Å². The van der Waals surface area contributed by atoms with Crippen molar-refractivity contribution >= 4 is 28.2 Å². The average Bonchev–Trinajstić information content (AvgIpc) is 3.27. The summed E-state index contributed by atoms with van der Waals surface area (Å²) < 4.78 is 49.0. The fraction of sp³-hybridized carbons (Fsp3) is 0.368. The van der Waals surface area contributed by atoms with Crippen molar-refractivity contribution in [1.82, 2.24) is 20.3 Å². The molecule has 5 heterocycles. The smallest absolute Gasteiger partial charge is 0.322 e. The number of phenolic OH excluding ortho intramolecular Hbond substituents is 1. The molecule has 2 unspecified atom stereocenters. The highest BCUT2D eigenvalue weighted by Crippen LogP contribution is 2.45. The SMILES string of the molecule is C#Cc1c(F)ccc2cc(O)cc(C3COc4c(nc(OC[C@]5(C)C[C@@H](F)CN5c5ccncc5)nc4N4CCCCC(NC(=O)C=C)C4)O3)c12. The van der Waals surface area contributed by atoms with Crippen LogP contribution in [-0.2, 0) is 4.79 Å². The van der Waals surface area contributed by atoms with E-state index in [1.807, 2.05) is 28.9 Å². The molecule has 1 amide bonds. The van der Waals surface area contributed by atoms with Gasteiger partial charge in [0.25, 0.3) is 5.88 Å². The largest absolute Gasteiger partial charge is 0.508 e. The Morgan fingerprint density at radius 3 is 2.84 bits per heavy atom. The molecule has 3 aliphatic heterocycles. The predicted molar refractivity (Wildman–Crippen MR) is 188 cm³/mol. The van der Waals surface area contributed by atoms with Crippen LogP contribution in [0.1, 0.15) is 49.8 Å². The van der Waals surface area contributed by atoms with Crippen LogP contribution < -0.4 is 29.3 Å². The number of aromatic hydroxyl groups is 1. The summed E-state index contributed by atoms with van der Waals surface area (Å²) in [6.07, 6.45) is 11.1. The van der Waals surface area contributed by atoms with Crippen molar-refractivity contribution in [3.8, 4) is 35.7 Å². The molecule has 0 bridgehead atoms. The zero-order chi connectivity index (χ0) is 35.7. The van der Waals surface area contributed by atoms with Crippen LogP contribution in [0.3, 0.4) is 0 Å². The van der Waals surface area contributed by atoms with Gasteiger partial charge in [0, 0.05) is 61.1 Å². The van der Waals surface area contributed by atoms with E-state index in [2.05, 4.69) is 27.8 Å². The first-order valence-electron chi connectivity index (χ1n) is 16.9. The van der Waals surface area contributed by atoms with E-state index in [9.17, 15) is 18.7 Å². The quantitative estimate of drug-likeness (QED) is 0.183. The molecule has 2 aromatic carbocycles. The number of nitrogens with zero attached hydrogens (tertiary/aromatic N) is 5.